The summed E-state index contributed by atoms with van der Waals surface area (Å²) in [5.74, 6) is -0.994. The first kappa shape index (κ1) is 24.0. The van der Waals surface area contributed by atoms with Gasteiger partial charge in [0.25, 0.3) is 0 Å². The number of carbonyl (C=O) groups is 1. The number of ether oxygens (including phenoxy) is 1. The van der Waals surface area contributed by atoms with Crippen LogP contribution in [0.15, 0.2) is 47.4 Å². The van der Waals surface area contributed by atoms with E-state index in [0.29, 0.717) is 30.3 Å². The molecule has 4 rings (SSSR count). The molecule has 0 saturated heterocycles. The maximum absolute atomic E-state index is 14.9. The topological polar surface area (TPSA) is 72.5 Å². The van der Waals surface area contributed by atoms with E-state index >= 15 is 0 Å². The number of halogens is 3. The number of nitrogens with one attached hydrogen (secondary N) is 1. The van der Waals surface area contributed by atoms with Gasteiger partial charge in [-0.05, 0) is 92.8 Å². The summed E-state index contributed by atoms with van der Waals surface area (Å²) in [5.41, 5.74) is -0.168. The molecule has 2 aromatic carbocycles. The van der Waals surface area contributed by atoms with Crippen molar-refractivity contribution in [1.82, 2.24) is 5.32 Å². The zero-order valence-corrected chi connectivity index (χ0v) is 19.6. The number of benzene rings is 2. The van der Waals surface area contributed by atoms with Gasteiger partial charge in [0.05, 0.1) is 11.5 Å². The molecule has 0 heterocycles. The second kappa shape index (κ2) is 9.58. The van der Waals surface area contributed by atoms with Crippen LogP contribution in [-0.2, 0) is 19.3 Å². The van der Waals surface area contributed by atoms with Gasteiger partial charge in [-0.15, -0.1) is 0 Å². The monoisotopic (exact) mass is 497 g/mol. The van der Waals surface area contributed by atoms with Gasteiger partial charge in [-0.25, -0.2) is 22.0 Å². The van der Waals surface area contributed by atoms with Gasteiger partial charge in [0.1, 0.15) is 16.4 Å². The van der Waals surface area contributed by atoms with Crippen LogP contribution >= 0.6 is 11.6 Å². The normalized spacial score (nSPS) is 23.2. The van der Waals surface area contributed by atoms with Crippen molar-refractivity contribution in [3.05, 3.63) is 64.7 Å². The molecule has 5 nitrogen and oxygen atoms in total. The number of hydrogen-bond donors (Lipinski definition) is 1. The number of carbonyl (C=O) groups excluding carboxylic acids is 1. The minimum absolute atomic E-state index is 0.00437. The highest BCUT2D eigenvalue weighted by molar-refractivity contribution is 7.92. The fourth-order valence-electron chi connectivity index (χ4n) is 4.47. The van der Waals surface area contributed by atoms with Crippen LogP contribution in [0.4, 0.5) is 13.6 Å². The molecule has 2 aromatic rings. The lowest BCUT2D eigenvalue weighted by Gasteiger charge is -2.40. The molecule has 1 N–H and O–H groups in total. The Balaban J connectivity index is 1.55. The summed E-state index contributed by atoms with van der Waals surface area (Å²) in [5, 5.41) is 3.11. The molecule has 2 saturated carbocycles. The summed E-state index contributed by atoms with van der Waals surface area (Å²) in [4.78, 5) is 11.9. The summed E-state index contributed by atoms with van der Waals surface area (Å²) in [7, 11) is -4.08. The molecule has 0 aromatic heterocycles. The number of alkyl carbamates (subject to hydrolysis) is 1. The summed E-state index contributed by atoms with van der Waals surface area (Å²) < 4.78 is 60.2. The first-order valence-electron chi connectivity index (χ1n) is 11.1. The molecule has 0 unspecified atom stereocenters. The van der Waals surface area contributed by atoms with Gasteiger partial charge in [0, 0.05) is 17.1 Å². The summed E-state index contributed by atoms with van der Waals surface area (Å²) in [6, 6.07) is 8.61. The highest BCUT2D eigenvalue weighted by Crippen LogP contribution is 2.49. The highest BCUT2D eigenvalue weighted by atomic mass is 35.5. The van der Waals surface area contributed by atoms with Crippen LogP contribution < -0.4 is 5.32 Å². The van der Waals surface area contributed by atoms with E-state index in [1.165, 1.54) is 24.3 Å². The van der Waals surface area contributed by atoms with Gasteiger partial charge in [-0.1, -0.05) is 11.6 Å². The molecule has 0 spiro atoms. The zero-order chi connectivity index (χ0) is 23.6. The standard InChI is InChI=1S/C24H26ClF2NO4S/c25-18-3-6-20(7-4-18)33(30,31)24(21-13-19(26)5-8-22(21)27)11-9-17(10-12-24)15-32-23(29)28-14-16-1-2-16/h3-8,13,16-17H,1-2,9-12,14-15H2,(H,28,29). The second-order valence-electron chi connectivity index (χ2n) is 8.94. The third-order valence-electron chi connectivity index (χ3n) is 6.65. The SMILES string of the molecule is O=C(NCC1CC1)OCC1CCC(c2cc(F)ccc2F)(S(=O)(=O)c2ccc(Cl)cc2)CC1. The van der Waals surface area contributed by atoms with E-state index in [1.54, 1.807) is 0 Å². The third kappa shape index (κ3) is 5.17. The third-order valence-corrected chi connectivity index (χ3v) is 9.45. The van der Waals surface area contributed by atoms with Crippen molar-refractivity contribution >= 4 is 27.5 Å². The van der Waals surface area contributed by atoms with Crippen molar-refractivity contribution < 1.29 is 26.7 Å². The van der Waals surface area contributed by atoms with Crippen LogP contribution in [0.2, 0.25) is 5.02 Å². The van der Waals surface area contributed by atoms with Crippen LogP contribution in [0.3, 0.4) is 0 Å². The first-order chi connectivity index (χ1) is 15.7. The van der Waals surface area contributed by atoms with Gasteiger partial charge < -0.3 is 10.1 Å². The molecule has 2 aliphatic carbocycles. The minimum atomic E-state index is -4.08. The second-order valence-corrected chi connectivity index (χ2v) is 11.6. The van der Waals surface area contributed by atoms with E-state index in [4.69, 9.17) is 16.3 Å². The van der Waals surface area contributed by atoms with E-state index in [-0.39, 0.29) is 35.8 Å². The van der Waals surface area contributed by atoms with E-state index in [1.807, 2.05) is 0 Å². The van der Waals surface area contributed by atoms with Gasteiger partial charge in [0.2, 0.25) is 0 Å². The fraction of sp³-hybridized carbons (Fsp3) is 0.458. The van der Waals surface area contributed by atoms with Gasteiger partial charge in [0.15, 0.2) is 9.84 Å². The highest BCUT2D eigenvalue weighted by Gasteiger charge is 2.50. The molecule has 0 bridgehead atoms. The Labute approximate surface area is 197 Å². The quantitative estimate of drug-likeness (QED) is 0.539. The van der Waals surface area contributed by atoms with Gasteiger partial charge in [-0.2, -0.15) is 0 Å². The summed E-state index contributed by atoms with van der Waals surface area (Å²) in [6.07, 6.45) is 2.68. The van der Waals surface area contributed by atoms with Crippen molar-refractivity contribution in [2.24, 2.45) is 11.8 Å². The fourth-order valence-corrected chi connectivity index (χ4v) is 6.76. The molecule has 0 atom stereocenters. The Morgan fingerprint density at radius 3 is 2.33 bits per heavy atom. The number of rotatable bonds is 7. The Morgan fingerprint density at radius 1 is 1.03 bits per heavy atom. The molecular weight excluding hydrogens is 472 g/mol. The van der Waals surface area contributed by atoms with Crippen molar-refractivity contribution in [2.75, 3.05) is 13.2 Å². The van der Waals surface area contributed by atoms with Gasteiger partial charge in [-0.3, -0.25) is 0 Å². The van der Waals surface area contributed by atoms with E-state index < -0.39 is 32.3 Å². The van der Waals surface area contributed by atoms with E-state index in [2.05, 4.69) is 5.32 Å². The van der Waals surface area contributed by atoms with Crippen LogP contribution in [0.1, 0.15) is 44.1 Å². The van der Waals surface area contributed by atoms with Crippen LogP contribution in [0, 0.1) is 23.5 Å². The number of amides is 1. The van der Waals surface area contributed by atoms with E-state index in [9.17, 15) is 22.0 Å². The molecule has 0 aliphatic heterocycles. The van der Waals surface area contributed by atoms with Crippen LogP contribution in [0.25, 0.3) is 0 Å². The lowest BCUT2D eigenvalue weighted by molar-refractivity contribution is 0.110. The maximum atomic E-state index is 14.9. The largest absolute Gasteiger partial charge is 0.449 e. The maximum Gasteiger partial charge on any atom is 0.407 e. The summed E-state index contributed by atoms with van der Waals surface area (Å²) in [6.45, 7) is 0.754. The Morgan fingerprint density at radius 2 is 1.70 bits per heavy atom. The molecule has 2 aliphatic rings. The Hall–Kier alpha value is -2.19. The first-order valence-corrected chi connectivity index (χ1v) is 12.9. The molecule has 1 amide bonds. The van der Waals surface area contributed by atoms with Crippen LogP contribution in [0.5, 0.6) is 0 Å². The zero-order valence-electron chi connectivity index (χ0n) is 18.0. The number of sulfone groups is 1. The van der Waals surface area contributed by atoms with Crippen LogP contribution in [-0.4, -0.2) is 27.7 Å². The lowest BCUT2D eigenvalue weighted by Crippen LogP contribution is -2.41. The van der Waals surface area contributed by atoms with Crippen molar-refractivity contribution in [2.45, 2.75) is 48.2 Å². The van der Waals surface area contributed by atoms with Crippen molar-refractivity contribution in [3.8, 4) is 0 Å². The molecule has 2 fully saturated rings. The average Bonchev–Trinajstić information content (AvgIpc) is 3.63. The molecule has 9 heteroatoms. The number of hydrogen-bond acceptors (Lipinski definition) is 4. The lowest BCUT2D eigenvalue weighted by atomic mass is 9.78. The van der Waals surface area contributed by atoms with E-state index in [0.717, 1.165) is 31.0 Å². The predicted octanol–water partition coefficient (Wildman–Crippen LogP) is 5.61. The smallest absolute Gasteiger partial charge is 0.407 e. The van der Waals surface area contributed by atoms with Crippen molar-refractivity contribution in [3.63, 3.8) is 0 Å². The minimum Gasteiger partial charge on any atom is -0.449 e. The molecule has 0 radical (unpaired) electrons. The molecule has 178 valence electrons. The molecular formula is C24H26ClF2NO4S. The Kier molecular flexibility index (Phi) is 6.96. The average molecular weight is 498 g/mol. The van der Waals surface area contributed by atoms with Gasteiger partial charge >= 0.3 is 6.09 Å². The molecule has 33 heavy (non-hydrogen) atoms. The Bertz CT molecular complexity index is 1110. The summed E-state index contributed by atoms with van der Waals surface area (Å²) >= 11 is 5.92. The predicted molar refractivity (Wildman–Crippen MR) is 121 cm³/mol. The van der Waals surface area contributed by atoms with Crippen molar-refractivity contribution in [1.29, 1.82) is 0 Å².